The lowest BCUT2D eigenvalue weighted by atomic mass is 10.2. The molecule has 0 aromatic heterocycles. The molecular weight excluding hydrogens is 176 g/mol. The summed E-state index contributed by atoms with van der Waals surface area (Å²) in [6.07, 6.45) is 1.70. The maximum absolute atomic E-state index is 10.9. The molecule has 3 heteroatoms. The van der Waals surface area contributed by atoms with Crippen molar-refractivity contribution in [3.8, 4) is 0 Å². The largest absolute Gasteiger partial charge is 0.341 e. The van der Waals surface area contributed by atoms with Crippen LogP contribution in [0.4, 0.5) is 0 Å². The SMILES string of the molecule is O=C1CCC(NCc2ccccc2)N1. The van der Waals surface area contributed by atoms with Gasteiger partial charge in [0.05, 0.1) is 6.17 Å². The summed E-state index contributed by atoms with van der Waals surface area (Å²) in [4.78, 5) is 10.9. The normalized spacial score (nSPS) is 20.9. The van der Waals surface area contributed by atoms with Gasteiger partial charge in [0, 0.05) is 13.0 Å². The quantitative estimate of drug-likeness (QED) is 0.747. The van der Waals surface area contributed by atoms with Crippen LogP contribution in [0.2, 0.25) is 0 Å². The third-order valence-corrected chi connectivity index (χ3v) is 2.39. The molecule has 74 valence electrons. The van der Waals surface area contributed by atoms with E-state index in [1.54, 1.807) is 0 Å². The Morgan fingerprint density at radius 3 is 2.79 bits per heavy atom. The summed E-state index contributed by atoms with van der Waals surface area (Å²) in [6, 6.07) is 10.2. The average molecular weight is 190 g/mol. The van der Waals surface area contributed by atoms with Crippen molar-refractivity contribution < 1.29 is 4.79 Å². The van der Waals surface area contributed by atoms with E-state index < -0.39 is 0 Å². The molecule has 0 saturated carbocycles. The first kappa shape index (κ1) is 9.21. The van der Waals surface area contributed by atoms with Gasteiger partial charge in [-0.05, 0) is 12.0 Å². The molecule has 1 fully saturated rings. The third kappa shape index (κ3) is 2.33. The molecule has 1 amide bonds. The van der Waals surface area contributed by atoms with Gasteiger partial charge >= 0.3 is 0 Å². The first-order chi connectivity index (χ1) is 6.84. The van der Waals surface area contributed by atoms with Crippen LogP contribution >= 0.6 is 0 Å². The number of hydrogen-bond acceptors (Lipinski definition) is 2. The first-order valence-electron chi connectivity index (χ1n) is 4.91. The summed E-state index contributed by atoms with van der Waals surface area (Å²) in [5, 5.41) is 6.17. The minimum atomic E-state index is 0.149. The molecule has 3 nitrogen and oxygen atoms in total. The predicted molar refractivity (Wildman–Crippen MR) is 54.4 cm³/mol. The van der Waals surface area contributed by atoms with Gasteiger partial charge in [-0.25, -0.2) is 0 Å². The number of carbonyl (C=O) groups is 1. The highest BCUT2D eigenvalue weighted by Crippen LogP contribution is 2.05. The number of benzene rings is 1. The van der Waals surface area contributed by atoms with E-state index in [2.05, 4.69) is 22.8 Å². The predicted octanol–water partition coefficient (Wildman–Crippen LogP) is 1.01. The molecule has 1 aromatic carbocycles. The Balaban J connectivity index is 1.80. The average Bonchev–Trinajstić information content (AvgIpc) is 2.63. The Hall–Kier alpha value is -1.35. The van der Waals surface area contributed by atoms with Gasteiger partial charge in [0.1, 0.15) is 0 Å². The number of carbonyl (C=O) groups excluding carboxylic acids is 1. The van der Waals surface area contributed by atoms with Crippen LogP contribution in [0, 0.1) is 0 Å². The molecule has 2 rings (SSSR count). The fourth-order valence-electron chi connectivity index (χ4n) is 1.60. The molecule has 1 aliphatic heterocycles. The Morgan fingerprint density at radius 1 is 1.36 bits per heavy atom. The lowest BCUT2D eigenvalue weighted by molar-refractivity contribution is -0.119. The van der Waals surface area contributed by atoms with Crippen molar-refractivity contribution in [2.24, 2.45) is 0 Å². The summed E-state index contributed by atoms with van der Waals surface area (Å²) in [7, 11) is 0. The van der Waals surface area contributed by atoms with Gasteiger partial charge in [0.2, 0.25) is 5.91 Å². The Bertz CT molecular complexity index is 310. The highest BCUT2D eigenvalue weighted by molar-refractivity contribution is 5.78. The van der Waals surface area contributed by atoms with Crippen LogP contribution in [0.5, 0.6) is 0 Å². The monoisotopic (exact) mass is 190 g/mol. The standard InChI is InChI=1S/C11H14N2O/c14-11-7-6-10(13-11)12-8-9-4-2-1-3-5-9/h1-5,10,12H,6-8H2,(H,13,14). The summed E-state index contributed by atoms with van der Waals surface area (Å²) in [6.45, 7) is 0.811. The number of hydrogen-bond donors (Lipinski definition) is 2. The minimum Gasteiger partial charge on any atom is -0.341 e. The first-order valence-corrected chi connectivity index (χ1v) is 4.91. The molecule has 1 unspecified atom stereocenters. The van der Waals surface area contributed by atoms with E-state index >= 15 is 0 Å². The summed E-state index contributed by atoms with van der Waals surface area (Å²) in [5.74, 6) is 0.149. The minimum absolute atomic E-state index is 0.149. The Labute approximate surface area is 83.5 Å². The Kier molecular flexibility index (Phi) is 2.79. The maximum atomic E-state index is 10.9. The summed E-state index contributed by atoms with van der Waals surface area (Å²) < 4.78 is 0. The van der Waals surface area contributed by atoms with Gasteiger partial charge < -0.3 is 5.32 Å². The molecule has 1 heterocycles. The van der Waals surface area contributed by atoms with Crippen LogP contribution < -0.4 is 10.6 Å². The fourth-order valence-corrected chi connectivity index (χ4v) is 1.60. The lowest BCUT2D eigenvalue weighted by Gasteiger charge is -2.11. The van der Waals surface area contributed by atoms with Crippen molar-refractivity contribution in [1.29, 1.82) is 0 Å². The molecule has 1 aromatic rings. The second kappa shape index (κ2) is 4.24. The van der Waals surface area contributed by atoms with Gasteiger partial charge in [-0.1, -0.05) is 30.3 Å². The fraction of sp³-hybridized carbons (Fsp3) is 0.364. The highest BCUT2D eigenvalue weighted by atomic mass is 16.2. The van der Waals surface area contributed by atoms with Gasteiger partial charge in [0.15, 0.2) is 0 Å². The zero-order valence-corrected chi connectivity index (χ0v) is 7.99. The van der Waals surface area contributed by atoms with Crippen LogP contribution in [-0.4, -0.2) is 12.1 Å². The molecule has 14 heavy (non-hydrogen) atoms. The van der Waals surface area contributed by atoms with Crippen molar-refractivity contribution >= 4 is 5.91 Å². The summed E-state index contributed by atoms with van der Waals surface area (Å²) in [5.41, 5.74) is 1.24. The number of rotatable bonds is 3. The van der Waals surface area contributed by atoms with Crippen LogP contribution in [0.1, 0.15) is 18.4 Å². The molecule has 1 saturated heterocycles. The van der Waals surface area contributed by atoms with Gasteiger partial charge in [-0.15, -0.1) is 0 Å². The van der Waals surface area contributed by atoms with Crippen molar-refractivity contribution in [1.82, 2.24) is 10.6 Å². The highest BCUT2D eigenvalue weighted by Gasteiger charge is 2.19. The van der Waals surface area contributed by atoms with Crippen LogP contribution in [0.15, 0.2) is 30.3 Å². The Morgan fingerprint density at radius 2 is 2.14 bits per heavy atom. The molecule has 2 N–H and O–H groups in total. The second-order valence-corrected chi connectivity index (χ2v) is 3.53. The maximum Gasteiger partial charge on any atom is 0.221 e. The van der Waals surface area contributed by atoms with Crippen LogP contribution in [0.3, 0.4) is 0 Å². The van der Waals surface area contributed by atoms with E-state index in [1.807, 2.05) is 18.2 Å². The van der Waals surface area contributed by atoms with Crippen molar-refractivity contribution in [3.05, 3.63) is 35.9 Å². The van der Waals surface area contributed by atoms with Crippen molar-refractivity contribution in [3.63, 3.8) is 0 Å². The van der Waals surface area contributed by atoms with Crippen LogP contribution in [0.25, 0.3) is 0 Å². The smallest absolute Gasteiger partial charge is 0.221 e. The van der Waals surface area contributed by atoms with E-state index in [1.165, 1.54) is 5.56 Å². The molecule has 1 aliphatic rings. The topological polar surface area (TPSA) is 41.1 Å². The van der Waals surface area contributed by atoms with E-state index in [9.17, 15) is 4.79 Å². The zero-order chi connectivity index (χ0) is 9.80. The molecule has 0 spiro atoms. The lowest BCUT2D eigenvalue weighted by Crippen LogP contribution is -2.38. The molecule has 0 bridgehead atoms. The van der Waals surface area contributed by atoms with E-state index in [0.29, 0.717) is 6.42 Å². The number of amides is 1. The molecule has 0 aliphatic carbocycles. The molecule has 0 radical (unpaired) electrons. The van der Waals surface area contributed by atoms with E-state index in [-0.39, 0.29) is 12.1 Å². The molecule has 1 atom stereocenters. The van der Waals surface area contributed by atoms with E-state index in [0.717, 1.165) is 13.0 Å². The van der Waals surface area contributed by atoms with Crippen LogP contribution in [-0.2, 0) is 11.3 Å². The summed E-state index contributed by atoms with van der Waals surface area (Å²) >= 11 is 0. The number of nitrogens with one attached hydrogen (secondary N) is 2. The van der Waals surface area contributed by atoms with Crippen molar-refractivity contribution in [2.75, 3.05) is 0 Å². The molecular formula is C11H14N2O. The van der Waals surface area contributed by atoms with Gasteiger partial charge in [-0.2, -0.15) is 0 Å². The van der Waals surface area contributed by atoms with Gasteiger partial charge in [-0.3, -0.25) is 10.1 Å². The third-order valence-electron chi connectivity index (χ3n) is 2.39. The second-order valence-electron chi connectivity index (χ2n) is 3.53. The zero-order valence-electron chi connectivity index (χ0n) is 7.99. The van der Waals surface area contributed by atoms with Crippen molar-refractivity contribution in [2.45, 2.75) is 25.6 Å². The van der Waals surface area contributed by atoms with Gasteiger partial charge in [0.25, 0.3) is 0 Å². The van der Waals surface area contributed by atoms with E-state index in [4.69, 9.17) is 0 Å².